The summed E-state index contributed by atoms with van der Waals surface area (Å²) in [6, 6.07) is 14.0. The summed E-state index contributed by atoms with van der Waals surface area (Å²) in [6.07, 6.45) is 1.79. The molecule has 1 amide bonds. The van der Waals surface area contributed by atoms with E-state index in [-0.39, 0.29) is 30.0 Å². The molecule has 3 rings (SSSR count). The molecule has 1 N–H and O–H groups in total. The molecule has 0 saturated heterocycles. The van der Waals surface area contributed by atoms with Gasteiger partial charge in [-0.05, 0) is 30.0 Å². The number of rotatable bonds is 5. The van der Waals surface area contributed by atoms with E-state index in [1.165, 1.54) is 17.7 Å². The van der Waals surface area contributed by atoms with E-state index in [1.807, 2.05) is 18.2 Å². The maximum atomic E-state index is 12.1. The molecule has 0 heterocycles. The number of aryl methyl sites for hydroxylation is 1. The zero-order chi connectivity index (χ0) is 16.2. The number of fused-ring (bicyclic) bond motifs is 1. The van der Waals surface area contributed by atoms with E-state index in [0.29, 0.717) is 0 Å². The number of carbonyl (C=O) groups is 1. The van der Waals surface area contributed by atoms with Gasteiger partial charge in [0.05, 0.1) is 11.0 Å². The van der Waals surface area contributed by atoms with Crippen molar-refractivity contribution >= 4 is 11.6 Å². The molecular weight excluding hydrogens is 296 g/mol. The van der Waals surface area contributed by atoms with Crippen molar-refractivity contribution in [1.82, 2.24) is 5.32 Å². The average Bonchev–Trinajstić information content (AvgIpc) is 2.96. The molecule has 23 heavy (non-hydrogen) atoms. The van der Waals surface area contributed by atoms with Gasteiger partial charge in [0.15, 0.2) is 12.4 Å². The Kier molecular flexibility index (Phi) is 4.23. The van der Waals surface area contributed by atoms with Gasteiger partial charge in [-0.2, -0.15) is 0 Å². The molecule has 0 aliphatic heterocycles. The Morgan fingerprint density at radius 1 is 1.22 bits per heavy atom. The monoisotopic (exact) mass is 312 g/mol. The van der Waals surface area contributed by atoms with E-state index in [2.05, 4.69) is 11.4 Å². The number of nitro benzene ring substituents is 1. The summed E-state index contributed by atoms with van der Waals surface area (Å²) < 4.78 is 5.30. The van der Waals surface area contributed by atoms with Crippen LogP contribution in [0.5, 0.6) is 5.75 Å². The lowest BCUT2D eigenvalue weighted by Gasteiger charge is -2.14. The van der Waals surface area contributed by atoms with Gasteiger partial charge in [0.1, 0.15) is 0 Å². The minimum Gasteiger partial charge on any atom is -0.477 e. The fourth-order valence-corrected chi connectivity index (χ4v) is 2.82. The lowest BCUT2D eigenvalue weighted by Crippen LogP contribution is -2.31. The lowest BCUT2D eigenvalue weighted by molar-refractivity contribution is -0.385. The molecule has 0 radical (unpaired) electrons. The Hall–Kier alpha value is -2.89. The topological polar surface area (TPSA) is 81.5 Å². The largest absolute Gasteiger partial charge is 0.477 e. The number of nitro groups is 1. The van der Waals surface area contributed by atoms with Crippen LogP contribution >= 0.6 is 0 Å². The van der Waals surface area contributed by atoms with Crippen LogP contribution in [0.3, 0.4) is 0 Å². The van der Waals surface area contributed by atoms with Crippen LogP contribution in [0.25, 0.3) is 0 Å². The van der Waals surface area contributed by atoms with Crippen molar-refractivity contribution in [3.8, 4) is 5.75 Å². The van der Waals surface area contributed by atoms with E-state index in [0.717, 1.165) is 18.4 Å². The van der Waals surface area contributed by atoms with Crippen LogP contribution in [0.1, 0.15) is 23.6 Å². The van der Waals surface area contributed by atoms with Gasteiger partial charge in [0.2, 0.25) is 0 Å². The van der Waals surface area contributed by atoms with Crippen molar-refractivity contribution in [2.75, 3.05) is 6.61 Å². The van der Waals surface area contributed by atoms with Crippen LogP contribution in [0, 0.1) is 10.1 Å². The highest BCUT2D eigenvalue weighted by atomic mass is 16.6. The Morgan fingerprint density at radius 3 is 2.78 bits per heavy atom. The Labute approximate surface area is 133 Å². The molecule has 0 aromatic heterocycles. The minimum atomic E-state index is -0.527. The van der Waals surface area contributed by atoms with E-state index in [9.17, 15) is 14.9 Å². The number of benzene rings is 2. The molecule has 0 unspecified atom stereocenters. The van der Waals surface area contributed by atoms with Crippen LogP contribution in [0.2, 0.25) is 0 Å². The Bertz CT molecular complexity index is 745. The number of carbonyl (C=O) groups excluding carboxylic acids is 1. The van der Waals surface area contributed by atoms with Crippen LogP contribution in [-0.2, 0) is 11.2 Å². The van der Waals surface area contributed by atoms with Gasteiger partial charge < -0.3 is 10.1 Å². The second-order valence-electron chi connectivity index (χ2n) is 5.37. The second-order valence-corrected chi connectivity index (χ2v) is 5.37. The zero-order valence-electron chi connectivity index (χ0n) is 12.4. The maximum absolute atomic E-state index is 12.1. The highest BCUT2D eigenvalue weighted by molar-refractivity contribution is 5.78. The number of amides is 1. The zero-order valence-corrected chi connectivity index (χ0v) is 12.4. The molecule has 0 saturated carbocycles. The second kappa shape index (κ2) is 6.48. The van der Waals surface area contributed by atoms with Crippen molar-refractivity contribution in [2.24, 2.45) is 0 Å². The fourth-order valence-electron chi connectivity index (χ4n) is 2.82. The van der Waals surface area contributed by atoms with E-state index in [4.69, 9.17) is 4.74 Å². The van der Waals surface area contributed by atoms with Gasteiger partial charge in [-0.15, -0.1) is 0 Å². The SMILES string of the molecule is O=C(COc1ccccc1[N+](=O)[O-])N[C@@H]1CCc2ccccc21. The average molecular weight is 312 g/mol. The third-order valence-electron chi connectivity index (χ3n) is 3.89. The summed E-state index contributed by atoms with van der Waals surface area (Å²) in [5, 5.41) is 13.8. The third-order valence-corrected chi connectivity index (χ3v) is 3.89. The molecule has 1 aliphatic carbocycles. The summed E-state index contributed by atoms with van der Waals surface area (Å²) in [4.78, 5) is 22.4. The summed E-state index contributed by atoms with van der Waals surface area (Å²) in [7, 11) is 0. The lowest BCUT2D eigenvalue weighted by atomic mass is 10.1. The summed E-state index contributed by atoms with van der Waals surface area (Å²) >= 11 is 0. The predicted molar refractivity (Wildman–Crippen MR) is 84.2 cm³/mol. The van der Waals surface area contributed by atoms with E-state index < -0.39 is 4.92 Å². The standard InChI is InChI=1S/C17H16N2O4/c20-17(11-23-16-8-4-3-7-15(16)19(21)22)18-14-10-9-12-5-1-2-6-13(12)14/h1-8,14H,9-11H2,(H,18,20)/t14-/m1/s1. The van der Waals surface area contributed by atoms with Gasteiger partial charge >= 0.3 is 5.69 Å². The first-order valence-electron chi connectivity index (χ1n) is 7.38. The summed E-state index contributed by atoms with van der Waals surface area (Å²) in [5.41, 5.74) is 2.23. The van der Waals surface area contributed by atoms with Gasteiger partial charge in [0, 0.05) is 6.07 Å². The van der Waals surface area contributed by atoms with Crippen LogP contribution in [0.15, 0.2) is 48.5 Å². The molecule has 0 fully saturated rings. The van der Waals surface area contributed by atoms with Crippen molar-refractivity contribution in [3.05, 3.63) is 69.8 Å². The van der Waals surface area contributed by atoms with Crippen LogP contribution < -0.4 is 10.1 Å². The fraction of sp³-hybridized carbons (Fsp3) is 0.235. The minimum absolute atomic E-state index is 0.0203. The third kappa shape index (κ3) is 3.31. The van der Waals surface area contributed by atoms with Crippen LogP contribution in [0.4, 0.5) is 5.69 Å². The normalized spacial score (nSPS) is 15.7. The molecule has 6 nitrogen and oxygen atoms in total. The quantitative estimate of drug-likeness (QED) is 0.680. The highest BCUT2D eigenvalue weighted by Gasteiger charge is 2.23. The van der Waals surface area contributed by atoms with Crippen molar-refractivity contribution in [1.29, 1.82) is 0 Å². The van der Waals surface area contributed by atoms with Crippen molar-refractivity contribution in [3.63, 3.8) is 0 Å². The first kappa shape index (κ1) is 15.0. The smallest absolute Gasteiger partial charge is 0.310 e. The highest BCUT2D eigenvalue weighted by Crippen LogP contribution is 2.30. The molecule has 2 aromatic carbocycles. The van der Waals surface area contributed by atoms with Crippen LogP contribution in [-0.4, -0.2) is 17.4 Å². The summed E-state index contributed by atoms with van der Waals surface area (Å²) in [6.45, 7) is -0.247. The molecule has 6 heteroatoms. The molecule has 1 atom stereocenters. The maximum Gasteiger partial charge on any atom is 0.310 e. The molecular formula is C17H16N2O4. The van der Waals surface area contributed by atoms with E-state index >= 15 is 0 Å². The molecule has 118 valence electrons. The van der Waals surface area contributed by atoms with E-state index in [1.54, 1.807) is 12.1 Å². The number of para-hydroxylation sites is 2. The van der Waals surface area contributed by atoms with Gasteiger partial charge in [-0.3, -0.25) is 14.9 Å². The first-order chi connectivity index (χ1) is 11.1. The van der Waals surface area contributed by atoms with Gasteiger partial charge in [-0.1, -0.05) is 36.4 Å². The first-order valence-corrected chi connectivity index (χ1v) is 7.38. The summed E-state index contributed by atoms with van der Waals surface area (Å²) in [5.74, 6) is -0.190. The molecule has 0 spiro atoms. The number of hydrogen-bond donors (Lipinski definition) is 1. The number of hydrogen-bond acceptors (Lipinski definition) is 4. The molecule has 1 aliphatic rings. The Morgan fingerprint density at radius 2 is 1.96 bits per heavy atom. The van der Waals surface area contributed by atoms with Gasteiger partial charge in [-0.25, -0.2) is 0 Å². The number of nitrogens with zero attached hydrogens (tertiary/aromatic N) is 1. The van der Waals surface area contributed by atoms with Crippen molar-refractivity contribution in [2.45, 2.75) is 18.9 Å². The Balaban J connectivity index is 1.60. The number of nitrogens with one attached hydrogen (secondary N) is 1. The molecule has 2 aromatic rings. The van der Waals surface area contributed by atoms with Crippen molar-refractivity contribution < 1.29 is 14.5 Å². The molecule has 0 bridgehead atoms. The number of ether oxygens (including phenoxy) is 1. The predicted octanol–water partition coefficient (Wildman–Crippen LogP) is 2.78. The van der Waals surface area contributed by atoms with Gasteiger partial charge in [0.25, 0.3) is 5.91 Å².